The number of ether oxygens (including phenoxy) is 2. The van der Waals surface area contributed by atoms with Crippen LogP contribution >= 0.6 is 0 Å². The molecule has 0 aromatic heterocycles. The zero-order valence-electron chi connectivity index (χ0n) is 16.9. The van der Waals surface area contributed by atoms with Crippen LogP contribution in [0.15, 0.2) is 54.6 Å². The van der Waals surface area contributed by atoms with E-state index in [9.17, 15) is 14.7 Å². The molecule has 0 bridgehead atoms. The number of amides is 2. The number of benzene rings is 3. The van der Waals surface area contributed by atoms with E-state index in [0.717, 1.165) is 16.3 Å². The van der Waals surface area contributed by atoms with Crippen LogP contribution in [0.5, 0.6) is 17.2 Å². The summed E-state index contributed by atoms with van der Waals surface area (Å²) in [6.45, 7) is 2.49. The number of carbonyl (C=O) groups excluding carboxylic acids is 2. The molecule has 2 amide bonds. The third kappa shape index (κ3) is 5.00. The molecule has 0 spiro atoms. The number of phenolic OH excluding ortho intramolecular Hbond substituents is 1. The number of nitrogens with one attached hydrogen (secondary N) is 2. The minimum atomic E-state index is -0.381. The summed E-state index contributed by atoms with van der Waals surface area (Å²) in [4.78, 5) is 24.1. The van der Waals surface area contributed by atoms with E-state index in [0.29, 0.717) is 18.0 Å². The van der Waals surface area contributed by atoms with Crippen molar-refractivity contribution in [1.29, 1.82) is 0 Å². The topological polar surface area (TPSA) is 96.9 Å². The quantitative estimate of drug-likeness (QED) is 0.532. The van der Waals surface area contributed by atoms with Crippen LogP contribution < -0.4 is 20.1 Å². The molecule has 0 atom stereocenters. The van der Waals surface area contributed by atoms with Crippen molar-refractivity contribution in [2.75, 3.05) is 20.3 Å². The summed E-state index contributed by atoms with van der Waals surface area (Å²) in [5, 5.41) is 17.4. The highest BCUT2D eigenvalue weighted by Gasteiger charge is 2.13. The number of hydrogen-bond acceptors (Lipinski definition) is 5. The van der Waals surface area contributed by atoms with Crippen LogP contribution in [0.3, 0.4) is 0 Å². The molecular weight excluding hydrogens is 384 g/mol. The van der Waals surface area contributed by atoms with Gasteiger partial charge in [0.1, 0.15) is 5.75 Å². The number of methoxy groups -OCH3 is 1. The highest BCUT2D eigenvalue weighted by Crippen LogP contribution is 2.28. The predicted molar refractivity (Wildman–Crippen MR) is 114 cm³/mol. The van der Waals surface area contributed by atoms with E-state index in [4.69, 9.17) is 9.47 Å². The Morgan fingerprint density at radius 3 is 2.40 bits per heavy atom. The Bertz CT molecular complexity index is 1060. The Morgan fingerprint density at radius 1 is 0.967 bits per heavy atom. The normalized spacial score (nSPS) is 10.5. The lowest BCUT2D eigenvalue weighted by Gasteiger charge is -2.13. The summed E-state index contributed by atoms with van der Waals surface area (Å²) in [6, 6.07) is 15.9. The summed E-state index contributed by atoms with van der Waals surface area (Å²) < 4.78 is 10.8. The van der Waals surface area contributed by atoms with Crippen molar-refractivity contribution in [3.05, 3.63) is 65.7 Å². The standard InChI is InChI=1S/C23H24N2O5/c1-3-24-22(27)14-30-20-9-8-15(10-21(20)29-2)13-25-23(28)18-11-16-6-4-5-7-17(16)12-19(18)26/h4-12,26H,3,13-14H2,1-2H3,(H,24,27)(H,25,28). The molecule has 0 aliphatic heterocycles. The molecule has 3 rings (SSSR count). The number of fused-ring (bicyclic) bond motifs is 1. The maximum atomic E-state index is 12.6. The van der Waals surface area contributed by atoms with Gasteiger partial charge in [0.25, 0.3) is 11.8 Å². The number of rotatable bonds is 8. The lowest BCUT2D eigenvalue weighted by molar-refractivity contribution is -0.123. The maximum Gasteiger partial charge on any atom is 0.257 e. The minimum absolute atomic E-state index is 0.0714. The van der Waals surface area contributed by atoms with Gasteiger partial charge >= 0.3 is 0 Å². The molecule has 0 aliphatic rings. The average molecular weight is 408 g/mol. The van der Waals surface area contributed by atoms with Crippen molar-refractivity contribution in [3.63, 3.8) is 0 Å². The molecule has 30 heavy (non-hydrogen) atoms. The smallest absolute Gasteiger partial charge is 0.257 e. The second-order valence-electron chi connectivity index (χ2n) is 6.63. The Balaban J connectivity index is 1.67. The van der Waals surface area contributed by atoms with Gasteiger partial charge in [-0.15, -0.1) is 0 Å². The van der Waals surface area contributed by atoms with Crippen LogP contribution in [0.2, 0.25) is 0 Å². The van der Waals surface area contributed by atoms with Gasteiger partial charge in [0.15, 0.2) is 18.1 Å². The average Bonchev–Trinajstić information content (AvgIpc) is 2.76. The first-order valence-corrected chi connectivity index (χ1v) is 9.58. The van der Waals surface area contributed by atoms with Gasteiger partial charge in [-0.25, -0.2) is 0 Å². The van der Waals surface area contributed by atoms with Gasteiger partial charge in [-0.2, -0.15) is 0 Å². The lowest BCUT2D eigenvalue weighted by Crippen LogP contribution is -2.28. The molecule has 0 saturated carbocycles. The molecular formula is C23H24N2O5. The van der Waals surface area contributed by atoms with Gasteiger partial charge in [-0.05, 0) is 47.5 Å². The van der Waals surface area contributed by atoms with Crippen LogP contribution in [0.1, 0.15) is 22.8 Å². The Labute approximate surface area is 174 Å². The van der Waals surface area contributed by atoms with Gasteiger partial charge in [-0.1, -0.05) is 30.3 Å². The van der Waals surface area contributed by atoms with Crippen LogP contribution in [0.25, 0.3) is 10.8 Å². The lowest BCUT2D eigenvalue weighted by atomic mass is 10.1. The molecule has 156 valence electrons. The Kier molecular flexibility index (Phi) is 6.75. The highest BCUT2D eigenvalue weighted by molar-refractivity contribution is 6.01. The number of hydrogen-bond donors (Lipinski definition) is 3. The van der Waals surface area contributed by atoms with E-state index >= 15 is 0 Å². The molecule has 3 aromatic carbocycles. The molecule has 0 saturated heterocycles. The maximum absolute atomic E-state index is 12.6. The molecule has 0 fully saturated rings. The van der Waals surface area contributed by atoms with E-state index in [-0.39, 0.29) is 36.3 Å². The first kappa shape index (κ1) is 21.0. The largest absolute Gasteiger partial charge is 0.507 e. The van der Waals surface area contributed by atoms with Crippen molar-refractivity contribution in [2.45, 2.75) is 13.5 Å². The van der Waals surface area contributed by atoms with Crippen LogP contribution in [-0.4, -0.2) is 37.2 Å². The molecule has 0 aliphatic carbocycles. The first-order chi connectivity index (χ1) is 14.5. The Morgan fingerprint density at radius 2 is 1.70 bits per heavy atom. The first-order valence-electron chi connectivity index (χ1n) is 9.58. The number of likely N-dealkylation sites (N-methyl/N-ethyl adjacent to an activating group) is 1. The molecule has 0 unspecified atom stereocenters. The molecule has 7 nitrogen and oxygen atoms in total. The predicted octanol–water partition coefficient (Wildman–Crippen LogP) is 3.00. The van der Waals surface area contributed by atoms with Gasteiger partial charge in [-0.3, -0.25) is 9.59 Å². The van der Waals surface area contributed by atoms with E-state index in [2.05, 4.69) is 10.6 Å². The number of carbonyl (C=O) groups is 2. The van der Waals surface area contributed by atoms with E-state index in [1.165, 1.54) is 7.11 Å². The van der Waals surface area contributed by atoms with Gasteiger partial charge in [0, 0.05) is 13.1 Å². The van der Waals surface area contributed by atoms with Crippen LogP contribution in [-0.2, 0) is 11.3 Å². The third-order valence-electron chi connectivity index (χ3n) is 4.52. The second-order valence-corrected chi connectivity index (χ2v) is 6.63. The highest BCUT2D eigenvalue weighted by atomic mass is 16.5. The molecule has 7 heteroatoms. The molecule has 0 radical (unpaired) electrons. The fourth-order valence-corrected chi connectivity index (χ4v) is 3.02. The molecule has 3 N–H and O–H groups in total. The zero-order valence-corrected chi connectivity index (χ0v) is 16.9. The number of phenols is 1. The van der Waals surface area contributed by atoms with Crippen LogP contribution in [0.4, 0.5) is 0 Å². The molecule has 3 aromatic rings. The van der Waals surface area contributed by atoms with Gasteiger partial charge < -0.3 is 25.2 Å². The summed E-state index contributed by atoms with van der Waals surface area (Å²) in [5.74, 6) is 0.225. The fraction of sp³-hybridized carbons (Fsp3) is 0.217. The summed E-state index contributed by atoms with van der Waals surface area (Å²) >= 11 is 0. The van der Waals surface area contributed by atoms with E-state index in [1.807, 2.05) is 31.2 Å². The monoisotopic (exact) mass is 408 g/mol. The summed E-state index contributed by atoms with van der Waals surface area (Å²) in [7, 11) is 1.50. The van der Waals surface area contributed by atoms with Gasteiger partial charge in [0.05, 0.1) is 12.7 Å². The van der Waals surface area contributed by atoms with Crippen molar-refractivity contribution >= 4 is 22.6 Å². The van der Waals surface area contributed by atoms with Crippen LogP contribution in [0, 0.1) is 0 Å². The summed E-state index contributed by atoms with van der Waals surface area (Å²) in [6.07, 6.45) is 0. The van der Waals surface area contributed by atoms with Crippen molar-refractivity contribution < 1.29 is 24.2 Å². The van der Waals surface area contributed by atoms with Crippen molar-refractivity contribution in [1.82, 2.24) is 10.6 Å². The molecule has 0 heterocycles. The SMILES string of the molecule is CCNC(=O)COc1ccc(CNC(=O)c2cc3ccccc3cc2O)cc1OC. The number of aromatic hydroxyl groups is 1. The summed E-state index contributed by atoms with van der Waals surface area (Å²) in [5.41, 5.74) is 0.994. The van der Waals surface area contributed by atoms with E-state index < -0.39 is 0 Å². The second kappa shape index (κ2) is 9.65. The van der Waals surface area contributed by atoms with Gasteiger partial charge in [0.2, 0.25) is 0 Å². The van der Waals surface area contributed by atoms with E-state index in [1.54, 1.807) is 30.3 Å². The van der Waals surface area contributed by atoms with Crippen molar-refractivity contribution in [3.8, 4) is 17.2 Å². The van der Waals surface area contributed by atoms with Crippen molar-refractivity contribution in [2.24, 2.45) is 0 Å². The third-order valence-corrected chi connectivity index (χ3v) is 4.52. The minimum Gasteiger partial charge on any atom is -0.507 e. The fourth-order valence-electron chi connectivity index (χ4n) is 3.02. The Hall–Kier alpha value is -3.74. The zero-order chi connectivity index (χ0) is 21.5.